The number of rotatable bonds is 6. The molecule has 1 saturated heterocycles. The summed E-state index contributed by atoms with van der Waals surface area (Å²) in [6.07, 6.45) is -0.817. The molecule has 0 amide bonds. The van der Waals surface area contributed by atoms with E-state index in [-0.39, 0.29) is 18.5 Å². The highest BCUT2D eigenvalue weighted by Gasteiger charge is 2.24. The third-order valence-corrected chi connectivity index (χ3v) is 4.64. The Hall–Kier alpha value is -1.66. The van der Waals surface area contributed by atoms with Crippen LogP contribution in [0.15, 0.2) is 42.5 Å². The van der Waals surface area contributed by atoms with Crippen LogP contribution in [0, 0.1) is 12.7 Å². The first kappa shape index (κ1) is 19.1. The number of halogens is 2. The smallest absolute Gasteiger partial charge is 0.123 e. The molecule has 3 rings (SSSR count). The minimum atomic E-state index is -0.628. The number of ether oxygens (including phenoxy) is 2. The lowest BCUT2D eigenvalue weighted by atomic mass is 10.1. The molecule has 2 aromatic carbocycles. The molecular weight excluding hydrogens is 357 g/mol. The predicted molar refractivity (Wildman–Crippen MR) is 99.2 cm³/mol. The molecule has 1 aliphatic rings. The zero-order chi connectivity index (χ0) is 18.5. The van der Waals surface area contributed by atoms with E-state index in [4.69, 9.17) is 21.1 Å². The summed E-state index contributed by atoms with van der Waals surface area (Å²) in [5.74, 6) is 0.447. The van der Waals surface area contributed by atoms with E-state index in [1.807, 2.05) is 19.1 Å². The maximum absolute atomic E-state index is 13.4. The van der Waals surface area contributed by atoms with Crippen LogP contribution in [0.25, 0.3) is 0 Å². The van der Waals surface area contributed by atoms with Crippen molar-refractivity contribution >= 4 is 11.6 Å². The van der Waals surface area contributed by atoms with Crippen molar-refractivity contribution in [3.8, 4) is 5.75 Å². The number of benzene rings is 2. The van der Waals surface area contributed by atoms with Gasteiger partial charge in [0.2, 0.25) is 0 Å². The molecular formula is C20H23ClFNO3. The summed E-state index contributed by atoms with van der Waals surface area (Å²) < 4.78 is 24.9. The molecule has 2 unspecified atom stereocenters. The fraction of sp³-hybridized carbons (Fsp3) is 0.400. The summed E-state index contributed by atoms with van der Waals surface area (Å²) >= 11 is 5.94. The second-order valence-electron chi connectivity index (χ2n) is 6.55. The van der Waals surface area contributed by atoms with Gasteiger partial charge in [-0.1, -0.05) is 23.7 Å². The average molecular weight is 380 g/mol. The normalized spacial score (nSPS) is 19.3. The average Bonchev–Trinajstić information content (AvgIpc) is 2.61. The molecule has 140 valence electrons. The van der Waals surface area contributed by atoms with Crippen molar-refractivity contribution in [3.63, 3.8) is 0 Å². The van der Waals surface area contributed by atoms with Crippen molar-refractivity contribution in [2.45, 2.75) is 19.1 Å². The minimum absolute atomic E-state index is 0.189. The van der Waals surface area contributed by atoms with Gasteiger partial charge in [-0.3, -0.25) is 4.90 Å². The molecule has 0 saturated carbocycles. The molecule has 1 aliphatic heterocycles. The fourth-order valence-electron chi connectivity index (χ4n) is 3.09. The molecule has 1 heterocycles. The zero-order valence-electron chi connectivity index (χ0n) is 14.7. The largest absolute Gasteiger partial charge is 0.491 e. The highest BCUT2D eigenvalue weighted by atomic mass is 35.5. The Morgan fingerprint density at radius 2 is 2.19 bits per heavy atom. The molecule has 0 aliphatic carbocycles. The van der Waals surface area contributed by atoms with Gasteiger partial charge in [-0.25, -0.2) is 4.39 Å². The highest BCUT2D eigenvalue weighted by molar-refractivity contribution is 6.30. The van der Waals surface area contributed by atoms with Crippen LogP contribution in [0.1, 0.15) is 17.2 Å². The Morgan fingerprint density at radius 3 is 2.96 bits per heavy atom. The van der Waals surface area contributed by atoms with E-state index < -0.39 is 6.10 Å². The molecule has 0 radical (unpaired) electrons. The number of nitrogens with zero attached hydrogens (tertiary/aromatic N) is 1. The number of aryl methyl sites for hydroxylation is 1. The van der Waals surface area contributed by atoms with Crippen LogP contribution in [-0.4, -0.2) is 49.0 Å². The monoisotopic (exact) mass is 379 g/mol. The van der Waals surface area contributed by atoms with E-state index in [1.54, 1.807) is 18.2 Å². The molecule has 0 bridgehead atoms. The first-order valence-electron chi connectivity index (χ1n) is 8.67. The van der Waals surface area contributed by atoms with Crippen LogP contribution < -0.4 is 4.74 Å². The lowest BCUT2D eigenvalue weighted by molar-refractivity contribution is -0.0460. The van der Waals surface area contributed by atoms with Gasteiger partial charge in [0.1, 0.15) is 24.3 Å². The molecule has 26 heavy (non-hydrogen) atoms. The molecule has 0 spiro atoms. The Kier molecular flexibility index (Phi) is 6.48. The Bertz CT molecular complexity index is 743. The van der Waals surface area contributed by atoms with Crippen LogP contribution in [0.3, 0.4) is 0 Å². The van der Waals surface area contributed by atoms with Gasteiger partial charge in [-0.2, -0.15) is 0 Å². The van der Waals surface area contributed by atoms with E-state index in [0.717, 1.165) is 17.7 Å². The van der Waals surface area contributed by atoms with Crippen LogP contribution in [-0.2, 0) is 4.74 Å². The molecule has 6 heteroatoms. The van der Waals surface area contributed by atoms with Gasteiger partial charge < -0.3 is 14.6 Å². The lowest BCUT2D eigenvalue weighted by Crippen LogP contribution is -2.43. The van der Waals surface area contributed by atoms with E-state index >= 15 is 0 Å². The van der Waals surface area contributed by atoms with Crippen molar-refractivity contribution in [2.75, 3.05) is 32.8 Å². The van der Waals surface area contributed by atoms with Gasteiger partial charge in [0.05, 0.1) is 12.7 Å². The summed E-state index contributed by atoms with van der Waals surface area (Å²) in [7, 11) is 0. The summed E-state index contributed by atoms with van der Waals surface area (Å²) in [6, 6.07) is 11.9. The molecule has 1 N–H and O–H groups in total. The SMILES string of the molecule is Cc1cc(Cl)ccc1OCC(O)CN1CCOC(c2cccc(F)c2)C1. The summed E-state index contributed by atoms with van der Waals surface area (Å²) in [5.41, 5.74) is 1.75. The number of aliphatic hydroxyl groups excluding tert-OH is 1. The molecule has 2 atom stereocenters. The Morgan fingerprint density at radius 1 is 1.35 bits per heavy atom. The van der Waals surface area contributed by atoms with E-state index in [0.29, 0.717) is 30.5 Å². The maximum atomic E-state index is 13.4. The third-order valence-electron chi connectivity index (χ3n) is 4.41. The Labute approximate surface area is 158 Å². The zero-order valence-corrected chi connectivity index (χ0v) is 15.5. The van der Waals surface area contributed by atoms with Crippen LogP contribution in [0.2, 0.25) is 5.02 Å². The molecule has 4 nitrogen and oxygen atoms in total. The Balaban J connectivity index is 1.51. The maximum Gasteiger partial charge on any atom is 0.123 e. The molecule has 2 aromatic rings. The highest BCUT2D eigenvalue weighted by Crippen LogP contribution is 2.24. The van der Waals surface area contributed by atoms with Crippen molar-refractivity contribution in [3.05, 3.63) is 64.4 Å². The third kappa shape index (κ3) is 5.17. The number of β-amino-alcohol motifs (C(OH)–C–C–N with tert-alkyl or cyclic N) is 1. The number of aliphatic hydroxyl groups is 1. The van der Waals surface area contributed by atoms with Gasteiger partial charge in [0.15, 0.2) is 0 Å². The van der Waals surface area contributed by atoms with E-state index in [1.165, 1.54) is 12.1 Å². The quantitative estimate of drug-likeness (QED) is 0.832. The van der Waals surface area contributed by atoms with Crippen molar-refractivity contribution in [2.24, 2.45) is 0 Å². The van der Waals surface area contributed by atoms with Crippen molar-refractivity contribution < 1.29 is 19.0 Å². The van der Waals surface area contributed by atoms with Gasteiger partial charge in [-0.15, -0.1) is 0 Å². The number of hydrogen-bond acceptors (Lipinski definition) is 4. The predicted octanol–water partition coefficient (Wildman–Crippen LogP) is 3.60. The summed E-state index contributed by atoms with van der Waals surface area (Å²) in [6.45, 7) is 4.47. The van der Waals surface area contributed by atoms with Crippen LogP contribution >= 0.6 is 11.6 Å². The number of hydrogen-bond donors (Lipinski definition) is 1. The van der Waals surface area contributed by atoms with Crippen molar-refractivity contribution in [1.82, 2.24) is 4.90 Å². The van der Waals surface area contributed by atoms with Gasteiger partial charge in [0.25, 0.3) is 0 Å². The minimum Gasteiger partial charge on any atom is -0.491 e. The summed E-state index contributed by atoms with van der Waals surface area (Å²) in [5, 5.41) is 11.0. The van der Waals surface area contributed by atoms with Gasteiger partial charge >= 0.3 is 0 Å². The topological polar surface area (TPSA) is 41.9 Å². The molecule has 0 aromatic heterocycles. The summed E-state index contributed by atoms with van der Waals surface area (Å²) in [4.78, 5) is 2.11. The number of morpholine rings is 1. The van der Waals surface area contributed by atoms with Crippen molar-refractivity contribution in [1.29, 1.82) is 0 Å². The van der Waals surface area contributed by atoms with Crippen LogP contribution in [0.4, 0.5) is 4.39 Å². The van der Waals surface area contributed by atoms with Gasteiger partial charge in [-0.05, 0) is 48.4 Å². The van der Waals surface area contributed by atoms with E-state index in [2.05, 4.69) is 4.90 Å². The van der Waals surface area contributed by atoms with Gasteiger partial charge in [0, 0.05) is 24.7 Å². The fourth-order valence-corrected chi connectivity index (χ4v) is 3.32. The standard InChI is InChI=1S/C20H23ClFNO3/c1-14-9-16(21)5-6-19(14)26-13-18(24)11-23-7-8-25-20(12-23)15-3-2-4-17(22)10-15/h2-6,9-10,18,20,24H,7-8,11-13H2,1H3. The van der Waals surface area contributed by atoms with Crippen LogP contribution in [0.5, 0.6) is 5.75 Å². The first-order chi connectivity index (χ1) is 12.5. The second kappa shape index (κ2) is 8.82. The van der Waals surface area contributed by atoms with E-state index in [9.17, 15) is 9.50 Å². The second-order valence-corrected chi connectivity index (χ2v) is 6.99. The molecule has 1 fully saturated rings. The first-order valence-corrected chi connectivity index (χ1v) is 9.05. The lowest BCUT2D eigenvalue weighted by Gasteiger charge is -2.34.